The summed E-state index contributed by atoms with van der Waals surface area (Å²) >= 11 is 0. The smallest absolute Gasteiger partial charge is 0.274 e. The molecular formula is C18H26N2O. The Morgan fingerprint density at radius 2 is 1.86 bits per heavy atom. The van der Waals surface area contributed by atoms with Crippen molar-refractivity contribution in [3.8, 4) is 11.1 Å². The van der Waals surface area contributed by atoms with Crippen molar-refractivity contribution in [1.82, 2.24) is 9.78 Å². The number of hydrogen-bond donors (Lipinski definition) is 1. The van der Waals surface area contributed by atoms with Crippen LogP contribution in [0, 0.1) is 12.8 Å². The normalized spacial score (nSPS) is 11.3. The van der Waals surface area contributed by atoms with Gasteiger partial charge in [0.2, 0.25) is 0 Å². The molecule has 1 heterocycles. The van der Waals surface area contributed by atoms with Crippen molar-refractivity contribution in [3.63, 3.8) is 0 Å². The van der Waals surface area contributed by atoms with Crippen LogP contribution in [0.2, 0.25) is 0 Å². The molecule has 1 N–H and O–H groups in total. The molecule has 2 rings (SSSR count). The summed E-state index contributed by atoms with van der Waals surface area (Å²) in [5, 5.41) is 3.33. The number of nitrogens with zero attached hydrogens (tertiary/aromatic N) is 1. The maximum Gasteiger partial charge on any atom is 0.274 e. The van der Waals surface area contributed by atoms with E-state index in [9.17, 15) is 4.79 Å². The molecule has 0 saturated heterocycles. The van der Waals surface area contributed by atoms with Gasteiger partial charge in [-0.2, -0.15) is 0 Å². The molecule has 0 fully saturated rings. The Morgan fingerprint density at radius 1 is 1.19 bits per heavy atom. The fraction of sp³-hybridized carbons (Fsp3) is 0.500. The SMILES string of the molecule is CCCCc1[nH]n(CC(C)C)c(=O)c1-c1ccc(C)cc1. The van der Waals surface area contributed by atoms with Crippen molar-refractivity contribution < 1.29 is 0 Å². The number of aromatic amines is 1. The van der Waals surface area contributed by atoms with E-state index in [1.165, 1.54) is 5.56 Å². The molecule has 114 valence electrons. The maximum atomic E-state index is 12.7. The van der Waals surface area contributed by atoms with Crippen molar-refractivity contribution in [3.05, 3.63) is 45.9 Å². The van der Waals surface area contributed by atoms with Gasteiger partial charge in [0, 0.05) is 12.2 Å². The van der Waals surface area contributed by atoms with Gasteiger partial charge in [0.25, 0.3) is 5.56 Å². The average Bonchev–Trinajstić information content (AvgIpc) is 2.73. The quantitative estimate of drug-likeness (QED) is 0.851. The van der Waals surface area contributed by atoms with Gasteiger partial charge in [-0.05, 0) is 31.2 Å². The minimum absolute atomic E-state index is 0.110. The average molecular weight is 286 g/mol. The summed E-state index contributed by atoms with van der Waals surface area (Å²) in [6.07, 6.45) is 3.16. The van der Waals surface area contributed by atoms with Gasteiger partial charge in [0.1, 0.15) is 0 Å². The van der Waals surface area contributed by atoms with E-state index in [2.05, 4.69) is 57.1 Å². The molecular weight excluding hydrogens is 260 g/mol. The highest BCUT2D eigenvalue weighted by Gasteiger charge is 2.16. The van der Waals surface area contributed by atoms with Gasteiger partial charge in [-0.1, -0.05) is 57.0 Å². The molecule has 0 aliphatic carbocycles. The molecule has 21 heavy (non-hydrogen) atoms. The third-order valence-electron chi connectivity index (χ3n) is 3.70. The number of unbranched alkanes of at least 4 members (excludes halogenated alkanes) is 1. The summed E-state index contributed by atoms with van der Waals surface area (Å²) in [7, 11) is 0. The highest BCUT2D eigenvalue weighted by Crippen LogP contribution is 2.21. The fourth-order valence-electron chi connectivity index (χ4n) is 2.58. The van der Waals surface area contributed by atoms with Crippen molar-refractivity contribution in [2.75, 3.05) is 0 Å². The lowest BCUT2D eigenvalue weighted by Gasteiger charge is -2.04. The van der Waals surface area contributed by atoms with Crippen LogP contribution < -0.4 is 5.56 Å². The predicted octanol–water partition coefficient (Wildman–Crippen LogP) is 4.15. The van der Waals surface area contributed by atoms with Crippen LogP contribution >= 0.6 is 0 Å². The largest absolute Gasteiger partial charge is 0.299 e. The van der Waals surface area contributed by atoms with Crippen LogP contribution in [0.15, 0.2) is 29.1 Å². The summed E-state index contributed by atoms with van der Waals surface area (Å²) in [6.45, 7) is 9.24. The highest BCUT2D eigenvalue weighted by atomic mass is 16.1. The van der Waals surface area contributed by atoms with Gasteiger partial charge < -0.3 is 0 Å². The molecule has 2 aromatic rings. The first kappa shape index (κ1) is 15.6. The first-order chi connectivity index (χ1) is 10.0. The summed E-state index contributed by atoms with van der Waals surface area (Å²) in [5.74, 6) is 0.450. The van der Waals surface area contributed by atoms with E-state index in [0.29, 0.717) is 5.92 Å². The highest BCUT2D eigenvalue weighted by molar-refractivity contribution is 5.65. The van der Waals surface area contributed by atoms with Crippen LogP contribution in [-0.2, 0) is 13.0 Å². The van der Waals surface area contributed by atoms with E-state index in [-0.39, 0.29) is 5.56 Å². The van der Waals surface area contributed by atoms with Crippen LogP contribution in [0.5, 0.6) is 0 Å². The Hall–Kier alpha value is -1.77. The molecule has 3 heteroatoms. The van der Waals surface area contributed by atoms with Gasteiger partial charge >= 0.3 is 0 Å². The zero-order valence-corrected chi connectivity index (χ0v) is 13.6. The van der Waals surface area contributed by atoms with E-state index < -0.39 is 0 Å². The molecule has 0 radical (unpaired) electrons. The van der Waals surface area contributed by atoms with Gasteiger partial charge in [0.05, 0.1) is 5.56 Å². The molecule has 0 amide bonds. The van der Waals surface area contributed by atoms with Crippen LogP contribution in [-0.4, -0.2) is 9.78 Å². The Kier molecular flexibility index (Phi) is 5.05. The third-order valence-corrected chi connectivity index (χ3v) is 3.70. The zero-order chi connectivity index (χ0) is 15.4. The van der Waals surface area contributed by atoms with Gasteiger partial charge in [-0.3, -0.25) is 14.6 Å². The zero-order valence-electron chi connectivity index (χ0n) is 13.6. The topological polar surface area (TPSA) is 37.8 Å². The second-order valence-corrected chi connectivity index (χ2v) is 6.24. The van der Waals surface area contributed by atoms with Crippen LogP contribution in [0.4, 0.5) is 0 Å². The Morgan fingerprint density at radius 3 is 2.43 bits per heavy atom. The van der Waals surface area contributed by atoms with Crippen LogP contribution in [0.3, 0.4) is 0 Å². The van der Waals surface area contributed by atoms with Crippen LogP contribution in [0.1, 0.15) is 44.9 Å². The number of aromatic nitrogens is 2. The van der Waals surface area contributed by atoms with E-state index in [4.69, 9.17) is 0 Å². The minimum atomic E-state index is 0.110. The number of benzene rings is 1. The predicted molar refractivity (Wildman–Crippen MR) is 88.7 cm³/mol. The fourth-order valence-corrected chi connectivity index (χ4v) is 2.58. The first-order valence-corrected chi connectivity index (χ1v) is 7.91. The van der Waals surface area contributed by atoms with E-state index in [1.807, 2.05) is 0 Å². The summed E-state index contributed by atoms with van der Waals surface area (Å²) < 4.78 is 1.77. The molecule has 0 atom stereocenters. The number of nitrogens with one attached hydrogen (secondary N) is 1. The molecule has 1 aromatic carbocycles. The number of H-pyrrole nitrogens is 1. The second kappa shape index (κ2) is 6.79. The molecule has 3 nitrogen and oxygen atoms in total. The van der Waals surface area contributed by atoms with Crippen molar-refractivity contribution in [2.24, 2.45) is 5.92 Å². The van der Waals surface area contributed by atoms with Gasteiger partial charge in [-0.15, -0.1) is 0 Å². The molecule has 0 aliphatic rings. The first-order valence-electron chi connectivity index (χ1n) is 7.91. The molecule has 0 bridgehead atoms. The van der Waals surface area contributed by atoms with Crippen LogP contribution in [0.25, 0.3) is 11.1 Å². The monoisotopic (exact) mass is 286 g/mol. The van der Waals surface area contributed by atoms with Gasteiger partial charge in [-0.25, -0.2) is 0 Å². The van der Waals surface area contributed by atoms with E-state index in [1.54, 1.807) is 4.68 Å². The molecule has 1 aromatic heterocycles. The van der Waals surface area contributed by atoms with Crippen molar-refractivity contribution in [2.45, 2.75) is 53.5 Å². The summed E-state index contributed by atoms with van der Waals surface area (Å²) in [5.41, 5.74) is 4.27. The lowest BCUT2D eigenvalue weighted by Crippen LogP contribution is -2.20. The van der Waals surface area contributed by atoms with E-state index in [0.717, 1.165) is 42.6 Å². The second-order valence-electron chi connectivity index (χ2n) is 6.24. The lowest BCUT2D eigenvalue weighted by molar-refractivity contribution is 0.469. The minimum Gasteiger partial charge on any atom is -0.299 e. The van der Waals surface area contributed by atoms with E-state index >= 15 is 0 Å². The Labute approximate surface area is 127 Å². The van der Waals surface area contributed by atoms with Crippen molar-refractivity contribution in [1.29, 1.82) is 0 Å². The molecule has 0 spiro atoms. The van der Waals surface area contributed by atoms with Crippen molar-refractivity contribution >= 4 is 0 Å². The maximum absolute atomic E-state index is 12.7. The number of hydrogen-bond acceptors (Lipinski definition) is 1. The summed E-state index contributed by atoms with van der Waals surface area (Å²) in [6, 6.07) is 8.24. The standard InChI is InChI=1S/C18H26N2O/c1-5-6-7-16-17(15-10-8-14(4)9-11-15)18(21)20(19-16)12-13(2)3/h8-11,13,19H,5-7,12H2,1-4H3. The number of aryl methyl sites for hydroxylation is 2. The third kappa shape index (κ3) is 3.66. The number of rotatable bonds is 6. The molecule has 0 unspecified atom stereocenters. The van der Waals surface area contributed by atoms with Gasteiger partial charge in [0.15, 0.2) is 0 Å². The molecule has 0 saturated carbocycles. The Bertz CT molecular complexity index is 632. The molecule has 0 aliphatic heterocycles. The lowest BCUT2D eigenvalue weighted by atomic mass is 10.0. The Balaban J connectivity index is 2.47. The summed E-state index contributed by atoms with van der Waals surface area (Å²) in [4.78, 5) is 12.7.